The molecule has 1 heterocycles. The molecule has 8 heteroatoms. The van der Waals surface area contributed by atoms with Gasteiger partial charge in [-0.15, -0.1) is 0 Å². The van der Waals surface area contributed by atoms with Gasteiger partial charge in [0.2, 0.25) is 0 Å². The van der Waals surface area contributed by atoms with Crippen molar-refractivity contribution in [3.8, 4) is 5.75 Å². The van der Waals surface area contributed by atoms with Gasteiger partial charge in [0.1, 0.15) is 5.75 Å². The maximum Gasteiger partial charge on any atom is 0.257 e. The first-order chi connectivity index (χ1) is 14.1. The number of halogens is 1. The molecule has 0 spiro atoms. The number of hydrogen-bond donors (Lipinski definition) is 2. The average Bonchev–Trinajstić information content (AvgIpc) is 2.73. The summed E-state index contributed by atoms with van der Waals surface area (Å²) < 4.78 is 11.0. The van der Waals surface area contributed by atoms with Crippen LogP contribution in [0.15, 0.2) is 42.5 Å². The van der Waals surface area contributed by atoms with Gasteiger partial charge < -0.3 is 19.7 Å². The van der Waals surface area contributed by atoms with E-state index in [9.17, 15) is 4.79 Å². The zero-order chi connectivity index (χ0) is 20.6. The number of nitrogens with zero attached hydrogens (tertiary/aromatic N) is 1. The molecule has 0 unspecified atom stereocenters. The summed E-state index contributed by atoms with van der Waals surface area (Å²) in [6.45, 7) is 5.58. The monoisotopic (exact) mass is 433 g/mol. The molecule has 0 atom stereocenters. The van der Waals surface area contributed by atoms with Gasteiger partial charge in [0, 0.05) is 23.7 Å². The number of anilines is 2. The van der Waals surface area contributed by atoms with E-state index in [1.165, 1.54) is 0 Å². The fourth-order valence-electron chi connectivity index (χ4n) is 2.94. The van der Waals surface area contributed by atoms with Crippen molar-refractivity contribution in [1.29, 1.82) is 0 Å². The quantitative estimate of drug-likeness (QED) is 0.669. The number of nitrogens with one attached hydrogen (secondary N) is 2. The smallest absolute Gasteiger partial charge is 0.257 e. The molecule has 0 radical (unpaired) electrons. The lowest BCUT2D eigenvalue weighted by molar-refractivity contribution is 0.0977. The number of hydrogen-bond acceptors (Lipinski definition) is 5. The molecule has 0 aromatic heterocycles. The van der Waals surface area contributed by atoms with E-state index in [1.54, 1.807) is 30.3 Å². The molecule has 1 aliphatic rings. The molecule has 1 saturated heterocycles. The molecule has 2 aromatic rings. The van der Waals surface area contributed by atoms with E-state index < -0.39 is 0 Å². The van der Waals surface area contributed by atoms with Gasteiger partial charge in [-0.2, -0.15) is 0 Å². The standard InChI is InChI=1S/C21H24ClN3O3S/c1-2-11-28-17-6-3-15(4-7-17)20(26)24-21(29)23-18-14-16(22)5-8-19(18)25-9-12-27-13-10-25/h3-8,14H,2,9-13H2,1H3,(H2,23,24,26,29). The Hall–Kier alpha value is -2.35. The predicted molar refractivity (Wildman–Crippen MR) is 120 cm³/mol. The third-order valence-electron chi connectivity index (χ3n) is 4.37. The van der Waals surface area contributed by atoms with Crippen LogP contribution in [-0.2, 0) is 4.74 Å². The number of amides is 1. The summed E-state index contributed by atoms with van der Waals surface area (Å²) >= 11 is 11.5. The van der Waals surface area contributed by atoms with Gasteiger partial charge in [0.25, 0.3) is 5.91 Å². The Labute approximate surface area is 181 Å². The average molecular weight is 434 g/mol. The Morgan fingerprint density at radius 1 is 1.21 bits per heavy atom. The highest BCUT2D eigenvalue weighted by atomic mass is 35.5. The molecule has 154 valence electrons. The van der Waals surface area contributed by atoms with Crippen LogP contribution in [-0.4, -0.2) is 43.9 Å². The molecule has 1 fully saturated rings. The molecule has 2 aromatic carbocycles. The number of rotatable bonds is 6. The van der Waals surface area contributed by atoms with Gasteiger partial charge in [0.15, 0.2) is 5.11 Å². The number of carbonyl (C=O) groups excluding carboxylic acids is 1. The maximum atomic E-state index is 12.5. The summed E-state index contributed by atoms with van der Waals surface area (Å²) in [6, 6.07) is 12.5. The molecular weight excluding hydrogens is 410 g/mol. The Balaban J connectivity index is 1.64. The topological polar surface area (TPSA) is 62.8 Å². The van der Waals surface area contributed by atoms with Gasteiger partial charge in [-0.1, -0.05) is 18.5 Å². The predicted octanol–water partition coefficient (Wildman–Crippen LogP) is 4.09. The fraction of sp³-hybridized carbons (Fsp3) is 0.333. The summed E-state index contributed by atoms with van der Waals surface area (Å²) in [5.41, 5.74) is 2.21. The minimum atomic E-state index is -0.292. The molecule has 0 saturated carbocycles. The Bertz CT molecular complexity index is 855. The molecule has 2 N–H and O–H groups in total. The highest BCUT2D eigenvalue weighted by Crippen LogP contribution is 2.29. The third-order valence-corrected chi connectivity index (χ3v) is 4.81. The van der Waals surface area contributed by atoms with Crippen molar-refractivity contribution in [2.45, 2.75) is 13.3 Å². The van der Waals surface area contributed by atoms with Crippen molar-refractivity contribution in [3.05, 3.63) is 53.1 Å². The number of thiocarbonyl (C=S) groups is 1. The second-order valence-corrected chi connectivity index (χ2v) is 7.39. The molecule has 29 heavy (non-hydrogen) atoms. The second kappa shape index (κ2) is 10.4. The van der Waals surface area contributed by atoms with Crippen LogP contribution >= 0.6 is 23.8 Å². The van der Waals surface area contributed by atoms with Crippen molar-refractivity contribution in [3.63, 3.8) is 0 Å². The van der Waals surface area contributed by atoms with Gasteiger partial charge >= 0.3 is 0 Å². The lowest BCUT2D eigenvalue weighted by Crippen LogP contribution is -2.38. The highest BCUT2D eigenvalue weighted by Gasteiger charge is 2.16. The molecule has 6 nitrogen and oxygen atoms in total. The minimum Gasteiger partial charge on any atom is -0.494 e. The molecule has 3 rings (SSSR count). The molecule has 1 aliphatic heterocycles. The maximum absolute atomic E-state index is 12.5. The molecule has 0 bridgehead atoms. The lowest BCUT2D eigenvalue weighted by Gasteiger charge is -2.30. The van der Waals surface area contributed by atoms with Crippen LogP contribution in [0.4, 0.5) is 11.4 Å². The summed E-state index contributed by atoms with van der Waals surface area (Å²) in [5, 5.41) is 6.60. The van der Waals surface area contributed by atoms with E-state index in [4.69, 9.17) is 33.3 Å². The highest BCUT2D eigenvalue weighted by molar-refractivity contribution is 7.80. The van der Waals surface area contributed by atoms with Gasteiger partial charge in [0.05, 0.1) is 31.2 Å². The lowest BCUT2D eigenvalue weighted by atomic mass is 10.2. The van der Waals surface area contributed by atoms with Crippen LogP contribution in [0.1, 0.15) is 23.7 Å². The minimum absolute atomic E-state index is 0.207. The van der Waals surface area contributed by atoms with E-state index in [-0.39, 0.29) is 11.0 Å². The van der Waals surface area contributed by atoms with Crippen molar-refractivity contribution < 1.29 is 14.3 Å². The van der Waals surface area contributed by atoms with E-state index in [1.807, 2.05) is 19.1 Å². The fourth-order valence-corrected chi connectivity index (χ4v) is 3.31. The van der Waals surface area contributed by atoms with Crippen LogP contribution < -0.4 is 20.3 Å². The first kappa shape index (κ1) is 21.4. The number of benzene rings is 2. The van der Waals surface area contributed by atoms with Gasteiger partial charge in [-0.3, -0.25) is 10.1 Å². The number of ether oxygens (including phenoxy) is 2. The van der Waals surface area contributed by atoms with Crippen molar-refractivity contribution >= 4 is 46.2 Å². The summed E-state index contributed by atoms with van der Waals surface area (Å²) in [4.78, 5) is 14.7. The normalized spacial score (nSPS) is 13.7. The second-order valence-electron chi connectivity index (χ2n) is 6.54. The van der Waals surface area contributed by atoms with E-state index in [2.05, 4.69) is 15.5 Å². The van der Waals surface area contributed by atoms with Crippen LogP contribution in [0.2, 0.25) is 5.02 Å². The summed E-state index contributed by atoms with van der Waals surface area (Å²) in [5.74, 6) is 0.442. The van der Waals surface area contributed by atoms with Crippen molar-refractivity contribution in [1.82, 2.24) is 5.32 Å². The number of carbonyl (C=O) groups is 1. The van der Waals surface area contributed by atoms with Crippen molar-refractivity contribution in [2.24, 2.45) is 0 Å². The molecule has 0 aliphatic carbocycles. The Kier molecular flexibility index (Phi) is 7.69. The Morgan fingerprint density at radius 3 is 2.62 bits per heavy atom. The third kappa shape index (κ3) is 6.06. The largest absolute Gasteiger partial charge is 0.494 e. The van der Waals surface area contributed by atoms with Crippen LogP contribution in [0, 0.1) is 0 Å². The van der Waals surface area contributed by atoms with E-state index in [0.717, 1.165) is 36.6 Å². The molecular formula is C21H24ClN3O3S. The zero-order valence-corrected chi connectivity index (χ0v) is 17.8. The molecule has 1 amide bonds. The first-order valence-electron chi connectivity index (χ1n) is 9.54. The Morgan fingerprint density at radius 2 is 1.93 bits per heavy atom. The SMILES string of the molecule is CCCOc1ccc(C(=O)NC(=S)Nc2cc(Cl)ccc2N2CCOCC2)cc1. The van der Waals surface area contributed by atoms with Gasteiger partial charge in [-0.05, 0) is 61.1 Å². The van der Waals surface area contributed by atoms with E-state index >= 15 is 0 Å². The van der Waals surface area contributed by atoms with Crippen molar-refractivity contribution in [2.75, 3.05) is 43.1 Å². The van der Waals surface area contributed by atoms with E-state index in [0.29, 0.717) is 30.4 Å². The van der Waals surface area contributed by atoms with Crippen LogP contribution in [0.5, 0.6) is 5.75 Å². The summed E-state index contributed by atoms with van der Waals surface area (Å²) in [6.07, 6.45) is 0.929. The first-order valence-corrected chi connectivity index (χ1v) is 10.3. The van der Waals surface area contributed by atoms with Gasteiger partial charge in [-0.25, -0.2) is 0 Å². The zero-order valence-electron chi connectivity index (χ0n) is 16.2. The van der Waals surface area contributed by atoms with Crippen LogP contribution in [0.3, 0.4) is 0 Å². The summed E-state index contributed by atoms with van der Waals surface area (Å²) in [7, 11) is 0. The number of morpholine rings is 1. The van der Waals surface area contributed by atoms with Crippen LogP contribution in [0.25, 0.3) is 0 Å².